The Morgan fingerprint density at radius 1 is 1.08 bits per heavy atom. The Hall–Kier alpha value is -2.93. The number of aliphatic hydroxyl groups is 1. The number of amides is 1. The lowest BCUT2D eigenvalue weighted by Gasteiger charge is -2.51. The number of hydrogen-bond acceptors (Lipinski definition) is 4. The van der Waals surface area contributed by atoms with Crippen molar-refractivity contribution in [1.82, 2.24) is 9.88 Å². The van der Waals surface area contributed by atoms with Crippen molar-refractivity contribution in [2.24, 2.45) is 5.41 Å². The van der Waals surface area contributed by atoms with E-state index >= 15 is 0 Å². The van der Waals surface area contributed by atoms with Crippen molar-refractivity contribution in [3.05, 3.63) is 99.3 Å². The molecule has 1 saturated heterocycles. The lowest BCUT2D eigenvalue weighted by Crippen LogP contribution is -2.53. The van der Waals surface area contributed by atoms with E-state index in [-0.39, 0.29) is 18.2 Å². The van der Waals surface area contributed by atoms with Crippen LogP contribution in [0.15, 0.2) is 66.7 Å². The van der Waals surface area contributed by atoms with Crippen molar-refractivity contribution in [1.29, 1.82) is 0 Å². The lowest BCUT2D eigenvalue weighted by molar-refractivity contribution is -0.161. The molecule has 206 valence electrons. The molecule has 4 atom stereocenters. The zero-order valence-electron chi connectivity index (χ0n) is 22.6. The van der Waals surface area contributed by atoms with Crippen LogP contribution in [0.2, 0.25) is 10.0 Å². The normalized spacial score (nSPS) is 22.5. The Labute approximate surface area is 239 Å². The highest BCUT2D eigenvalue weighted by molar-refractivity contribution is 6.30. The van der Waals surface area contributed by atoms with E-state index in [0.29, 0.717) is 34.3 Å². The van der Waals surface area contributed by atoms with Crippen LogP contribution in [0.3, 0.4) is 0 Å². The highest BCUT2D eigenvalue weighted by atomic mass is 35.5. The molecule has 2 N–H and O–H groups in total. The number of carbonyl (C=O) groups is 2. The quantitative estimate of drug-likeness (QED) is 0.297. The number of likely N-dealkylation sites (tertiary alicyclic amines) is 1. The van der Waals surface area contributed by atoms with Crippen LogP contribution in [0.1, 0.15) is 87.5 Å². The number of carboxylic acid groups (broad SMARTS) is 1. The molecule has 0 radical (unpaired) electrons. The Kier molecular flexibility index (Phi) is 8.41. The highest BCUT2D eigenvalue weighted by Gasteiger charge is 2.52. The van der Waals surface area contributed by atoms with Crippen LogP contribution >= 0.6 is 23.2 Å². The van der Waals surface area contributed by atoms with E-state index < -0.39 is 29.1 Å². The Bertz CT molecular complexity index is 1360. The standard InChI is InChI=1S/C31H34Cl2N2O4/c1-5-25(24-10-7-11-26(34-24)30(2,3)39)35-28(19-12-14-21(32)15-13-19)23(20-8-6-9-22(33)16-20)17-31(4,29(35)38)18-27(36)37/h6-16,23,25,28,39H,5,17-18H2,1-4H3,(H,36,37)/t23-,25-,28-,31+/m1/s1. The van der Waals surface area contributed by atoms with Crippen molar-refractivity contribution in [3.8, 4) is 0 Å². The van der Waals surface area contributed by atoms with E-state index in [9.17, 15) is 19.8 Å². The van der Waals surface area contributed by atoms with Gasteiger partial charge in [0, 0.05) is 16.0 Å². The number of aromatic nitrogens is 1. The minimum atomic E-state index is -1.17. The van der Waals surface area contributed by atoms with Gasteiger partial charge in [-0.05, 0) is 74.2 Å². The van der Waals surface area contributed by atoms with Gasteiger partial charge >= 0.3 is 5.97 Å². The van der Waals surface area contributed by atoms with Gasteiger partial charge in [-0.25, -0.2) is 0 Å². The third-order valence-electron chi connectivity index (χ3n) is 7.59. The number of aliphatic carboxylic acids is 1. The fraction of sp³-hybridized carbons (Fsp3) is 0.387. The molecule has 8 heteroatoms. The van der Waals surface area contributed by atoms with Gasteiger partial charge in [0.25, 0.3) is 0 Å². The number of hydrogen-bond donors (Lipinski definition) is 2. The van der Waals surface area contributed by atoms with E-state index in [2.05, 4.69) is 0 Å². The summed E-state index contributed by atoms with van der Waals surface area (Å²) >= 11 is 12.7. The molecule has 0 aliphatic carbocycles. The van der Waals surface area contributed by atoms with Gasteiger partial charge in [-0.1, -0.05) is 67.4 Å². The molecule has 0 unspecified atom stereocenters. The summed E-state index contributed by atoms with van der Waals surface area (Å²) < 4.78 is 0. The molecule has 39 heavy (non-hydrogen) atoms. The molecule has 0 bridgehead atoms. The monoisotopic (exact) mass is 568 g/mol. The average molecular weight is 570 g/mol. The maximum Gasteiger partial charge on any atom is 0.304 e. The van der Waals surface area contributed by atoms with Gasteiger partial charge in [0.05, 0.1) is 35.3 Å². The maximum absolute atomic E-state index is 14.5. The van der Waals surface area contributed by atoms with Crippen molar-refractivity contribution in [2.75, 3.05) is 0 Å². The van der Waals surface area contributed by atoms with Crippen LogP contribution < -0.4 is 0 Å². The van der Waals surface area contributed by atoms with Gasteiger partial charge in [0.15, 0.2) is 0 Å². The smallest absolute Gasteiger partial charge is 0.304 e. The fourth-order valence-corrected chi connectivity index (χ4v) is 6.07. The second-order valence-corrected chi connectivity index (χ2v) is 12.0. The first-order valence-corrected chi connectivity index (χ1v) is 13.8. The lowest BCUT2D eigenvalue weighted by atomic mass is 9.67. The van der Waals surface area contributed by atoms with Crippen molar-refractivity contribution in [3.63, 3.8) is 0 Å². The van der Waals surface area contributed by atoms with Crippen LogP contribution in [-0.2, 0) is 15.2 Å². The third-order valence-corrected chi connectivity index (χ3v) is 8.08. The zero-order chi connectivity index (χ0) is 28.5. The van der Waals surface area contributed by atoms with Crippen molar-refractivity contribution in [2.45, 2.75) is 70.6 Å². The van der Waals surface area contributed by atoms with Gasteiger partial charge in [-0.15, -0.1) is 0 Å². The van der Waals surface area contributed by atoms with E-state index in [1.54, 1.807) is 45.0 Å². The number of carboxylic acids is 1. The third kappa shape index (κ3) is 6.13. The highest BCUT2D eigenvalue weighted by Crippen LogP contribution is 2.54. The number of piperidine rings is 1. The van der Waals surface area contributed by atoms with Crippen molar-refractivity contribution < 1.29 is 19.8 Å². The summed E-state index contributed by atoms with van der Waals surface area (Å²) in [6.07, 6.45) is 0.555. The van der Waals surface area contributed by atoms with Crippen molar-refractivity contribution >= 4 is 35.1 Å². The average Bonchev–Trinajstić information content (AvgIpc) is 2.87. The van der Waals surface area contributed by atoms with Gasteiger partial charge in [0.2, 0.25) is 5.91 Å². The number of halogens is 2. The summed E-state index contributed by atoms with van der Waals surface area (Å²) in [5, 5.41) is 21.6. The fourth-order valence-electron chi connectivity index (χ4n) is 5.75. The zero-order valence-corrected chi connectivity index (χ0v) is 24.1. The molecule has 1 amide bonds. The summed E-state index contributed by atoms with van der Waals surface area (Å²) in [6.45, 7) is 7.05. The first kappa shape index (κ1) is 29.1. The van der Waals surface area contributed by atoms with E-state index in [1.165, 1.54) is 0 Å². The van der Waals surface area contributed by atoms with Crippen LogP contribution in [0.4, 0.5) is 0 Å². The molecular weight excluding hydrogens is 535 g/mol. The summed E-state index contributed by atoms with van der Waals surface area (Å²) in [4.78, 5) is 33.1. The predicted molar refractivity (Wildman–Crippen MR) is 153 cm³/mol. The van der Waals surface area contributed by atoms with E-state index in [1.807, 2.05) is 54.3 Å². The molecule has 1 fully saturated rings. The SMILES string of the molecule is CC[C@H](c1cccc(C(C)(C)O)n1)N1C(=O)[C@](C)(CC(=O)O)C[C@H](c2cccc(Cl)c2)[C@H]1c1ccc(Cl)cc1. The second kappa shape index (κ2) is 11.3. The molecule has 3 aromatic rings. The topological polar surface area (TPSA) is 90.7 Å². The molecule has 2 heterocycles. The van der Waals surface area contributed by atoms with Crippen LogP contribution in [0.5, 0.6) is 0 Å². The van der Waals surface area contributed by atoms with Gasteiger partial charge < -0.3 is 15.1 Å². The molecule has 1 aliphatic rings. The minimum Gasteiger partial charge on any atom is -0.481 e. The molecule has 6 nitrogen and oxygen atoms in total. The largest absolute Gasteiger partial charge is 0.481 e. The van der Waals surface area contributed by atoms with Gasteiger partial charge in [0.1, 0.15) is 5.60 Å². The Balaban J connectivity index is 1.97. The van der Waals surface area contributed by atoms with Gasteiger partial charge in [-0.3, -0.25) is 14.6 Å². The Morgan fingerprint density at radius 2 is 1.74 bits per heavy atom. The van der Waals surface area contributed by atoms with Gasteiger partial charge in [-0.2, -0.15) is 0 Å². The summed E-state index contributed by atoms with van der Waals surface area (Å²) in [5.74, 6) is -1.53. The molecule has 1 aliphatic heterocycles. The molecule has 1 aromatic heterocycles. The predicted octanol–water partition coefficient (Wildman–Crippen LogP) is 7.31. The van der Waals surface area contributed by atoms with E-state index in [4.69, 9.17) is 28.2 Å². The number of carbonyl (C=O) groups excluding carboxylic acids is 1. The number of rotatable bonds is 8. The summed E-state index contributed by atoms with van der Waals surface area (Å²) in [5.41, 5.74) is 0.594. The summed E-state index contributed by atoms with van der Waals surface area (Å²) in [7, 11) is 0. The van der Waals surface area contributed by atoms with Crippen LogP contribution in [-0.4, -0.2) is 32.0 Å². The van der Waals surface area contributed by atoms with Crippen LogP contribution in [0.25, 0.3) is 0 Å². The first-order valence-electron chi connectivity index (χ1n) is 13.1. The molecule has 0 spiro atoms. The second-order valence-electron chi connectivity index (χ2n) is 11.1. The summed E-state index contributed by atoms with van der Waals surface area (Å²) in [6, 6.07) is 19.5. The molecular formula is C31H34Cl2N2O4. The first-order chi connectivity index (χ1) is 18.3. The Morgan fingerprint density at radius 3 is 2.33 bits per heavy atom. The maximum atomic E-state index is 14.5. The number of pyridine rings is 1. The molecule has 2 aromatic carbocycles. The molecule has 0 saturated carbocycles. The van der Waals surface area contributed by atoms with Crippen LogP contribution in [0, 0.1) is 5.41 Å². The number of benzene rings is 2. The number of nitrogens with zero attached hydrogens (tertiary/aromatic N) is 2. The molecule has 4 rings (SSSR count). The van der Waals surface area contributed by atoms with E-state index in [0.717, 1.165) is 11.1 Å². The minimum absolute atomic E-state index is 0.245.